The highest BCUT2D eigenvalue weighted by atomic mass is 16.3. The first-order chi connectivity index (χ1) is 9.56. The molecule has 0 saturated heterocycles. The van der Waals surface area contributed by atoms with E-state index in [0.717, 1.165) is 18.4 Å². The highest BCUT2D eigenvalue weighted by Crippen LogP contribution is 2.38. The summed E-state index contributed by atoms with van der Waals surface area (Å²) in [7, 11) is 0. The van der Waals surface area contributed by atoms with Crippen LogP contribution in [-0.2, 0) is 0 Å². The van der Waals surface area contributed by atoms with Crippen molar-refractivity contribution in [2.75, 3.05) is 6.54 Å². The number of hydrogen-bond donors (Lipinski definition) is 2. The highest BCUT2D eigenvalue weighted by Gasteiger charge is 2.40. The molecule has 1 aromatic carbocycles. The van der Waals surface area contributed by atoms with E-state index < -0.39 is 5.60 Å². The Kier molecular flexibility index (Phi) is 3.14. The smallest absolute Gasteiger partial charge is 0.271 e. The Bertz CT molecular complexity index is 650. The highest BCUT2D eigenvalue weighted by molar-refractivity contribution is 5.93. The van der Waals surface area contributed by atoms with Crippen LogP contribution in [0.15, 0.2) is 30.5 Å². The zero-order valence-corrected chi connectivity index (χ0v) is 11.3. The summed E-state index contributed by atoms with van der Waals surface area (Å²) in [4.78, 5) is 20.5. The molecule has 2 aromatic rings. The Labute approximate surface area is 117 Å². The van der Waals surface area contributed by atoms with Crippen molar-refractivity contribution in [1.29, 1.82) is 0 Å². The van der Waals surface area contributed by atoms with Crippen molar-refractivity contribution in [2.24, 2.45) is 5.92 Å². The third-order valence-corrected chi connectivity index (χ3v) is 3.74. The first-order valence-corrected chi connectivity index (χ1v) is 6.79. The standard InChI is InChI=1S/C15H17N3O2/c1-15(20,10-6-7-10)9-17-14(19)13-8-16-11-4-2-3-5-12(11)18-13/h2-5,8,10,20H,6-7,9H2,1H3,(H,17,19). The van der Waals surface area contributed by atoms with Crippen molar-refractivity contribution in [3.05, 3.63) is 36.2 Å². The minimum Gasteiger partial charge on any atom is -0.388 e. The summed E-state index contributed by atoms with van der Waals surface area (Å²) < 4.78 is 0. The van der Waals surface area contributed by atoms with Crippen molar-refractivity contribution in [2.45, 2.75) is 25.4 Å². The van der Waals surface area contributed by atoms with Crippen molar-refractivity contribution in [3.63, 3.8) is 0 Å². The van der Waals surface area contributed by atoms with Crippen LogP contribution in [0.1, 0.15) is 30.3 Å². The van der Waals surface area contributed by atoms with Crippen molar-refractivity contribution in [1.82, 2.24) is 15.3 Å². The second-order valence-corrected chi connectivity index (χ2v) is 5.56. The fraction of sp³-hybridized carbons (Fsp3) is 0.400. The van der Waals surface area contributed by atoms with Gasteiger partial charge in [0, 0.05) is 6.54 Å². The van der Waals surface area contributed by atoms with E-state index in [9.17, 15) is 9.90 Å². The largest absolute Gasteiger partial charge is 0.388 e. The monoisotopic (exact) mass is 271 g/mol. The van der Waals surface area contributed by atoms with Crippen LogP contribution < -0.4 is 5.32 Å². The predicted molar refractivity (Wildman–Crippen MR) is 75.2 cm³/mol. The Balaban J connectivity index is 1.72. The topological polar surface area (TPSA) is 75.1 Å². The number of benzene rings is 1. The van der Waals surface area contributed by atoms with Crippen LogP contribution in [0.25, 0.3) is 11.0 Å². The Morgan fingerprint density at radius 3 is 2.80 bits per heavy atom. The number of rotatable bonds is 4. The van der Waals surface area contributed by atoms with Gasteiger partial charge < -0.3 is 10.4 Å². The van der Waals surface area contributed by atoms with Gasteiger partial charge in [-0.15, -0.1) is 0 Å². The summed E-state index contributed by atoms with van der Waals surface area (Å²) in [5.41, 5.74) is 0.887. The van der Waals surface area contributed by atoms with Crippen molar-refractivity contribution in [3.8, 4) is 0 Å². The molecule has 104 valence electrons. The number of nitrogens with zero attached hydrogens (tertiary/aromatic N) is 2. The second-order valence-electron chi connectivity index (χ2n) is 5.56. The summed E-state index contributed by atoms with van der Waals surface area (Å²) in [6.45, 7) is 2.00. The van der Waals surface area contributed by atoms with Gasteiger partial charge in [-0.25, -0.2) is 4.98 Å². The van der Waals surface area contributed by atoms with E-state index in [1.54, 1.807) is 6.92 Å². The van der Waals surface area contributed by atoms with Gasteiger partial charge in [-0.2, -0.15) is 0 Å². The molecule has 0 radical (unpaired) electrons. The van der Waals surface area contributed by atoms with E-state index in [1.165, 1.54) is 6.20 Å². The van der Waals surface area contributed by atoms with Gasteiger partial charge in [0.2, 0.25) is 0 Å². The molecule has 1 heterocycles. The van der Waals surface area contributed by atoms with Crippen molar-refractivity contribution < 1.29 is 9.90 Å². The first-order valence-electron chi connectivity index (χ1n) is 6.79. The van der Waals surface area contributed by atoms with Crippen LogP contribution in [0.2, 0.25) is 0 Å². The maximum atomic E-state index is 12.1. The van der Waals surface area contributed by atoms with Crippen LogP contribution in [0.5, 0.6) is 0 Å². The lowest BCUT2D eigenvalue weighted by atomic mass is 10.0. The molecular formula is C15H17N3O2. The van der Waals surface area contributed by atoms with Gasteiger partial charge in [0.1, 0.15) is 5.69 Å². The van der Waals surface area contributed by atoms with Crippen molar-refractivity contribution >= 4 is 16.9 Å². The number of aliphatic hydroxyl groups is 1. The number of amides is 1. The molecule has 3 rings (SSSR count). The molecule has 1 unspecified atom stereocenters. The molecule has 1 saturated carbocycles. The summed E-state index contributed by atoms with van der Waals surface area (Å²) >= 11 is 0. The molecule has 1 aromatic heterocycles. The number of nitrogens with one attached hydrogen (secondary N) is 1. The molecule has 1 fully saturated rings. The van der Waals surface area contributed by atoms with Gasteiger partial charge in [0.15, 0.2) is 0 Å². The van der Waals surface area contributed by atoms with Crippen LogP contribution in [0.3, 0.4) is 0 Å². The number of aromatic nitrogens is 2. The van der Waals surface area contributed by atoms with Gasteiger partial charge in [0.05, 0.1) is 22.8 Å². The summed E-state index contributed by atoms with van der Waals surface area (Å²) in [5, 5.41) is 12.9. The van der Waals surface area contributed by atoms with Gasteiger partial charge in [-0.1, -0.05) is 12.1 Å². The molecule has 5 nitrogen and oxygen atoms in total. The minimum atomic E-state index is -0.833. The normalized spacial score (nSPS) is 17.7. The molecule has 0 aliphatic heterocycles. The maximum Gasteiger partial charge on any atom is 0.271 e. The van der Waals surface area contributed by atoms with Crippen LogP contribution in [0.4, 0.5) is 0 Å². The lowest BCUT2D eigenvalue weighted by Gasteiger charge is -2.23. The van der Waals surface area contributed by atoms with E-state index in [4.69, 9.17) is 0 Å². The second kappa shape index (κ2) is 4.83. The molecule has 20 heavy (non-hydrogen) atoms. The molecule has 1 atom stereocenters. The summed E-state index contributed by atoms with van der Waals surface area (Å²) in [6, 6.07) is 7.40. The number of para-hydroxylation sites is 2. The Morgan fingerprint density at radius 1 is 1.40 bits per heavy atom. The average Bonchev–Trinajstić information content (AvgIpc) is 3.29. The van der Waals surface area contributed by atoms with Crippen LogP contribution >= 0.6 is 0 Å². The zero-order chi connectivity index (χ0) is 14.2. The summed E-state index contributed by atoms with van der Waals surface area (Å²) in [6.07, 6.45) is 3.51. The number of fused-ring (bicyclic) bond motifs is 1. The quantitative estimate of drug-likeness (QED) is 0.884. The molecule has 2 N–H and O–H groups in total. The fourth-order valence-corrected chi connectivity index (χ4v) is 2.27. The lowest BCUT2D eigenvalue weighted by Crippen LogP contribution is -2.42. The third kappa shape index (κ3) is 2.63. The molecular weight excluding hydrogens is 254 g/mol. The Morgan fingerprint density at radius 2 is 2.10 bits per heavy atom. The van der Waals surface area contributed by atoms with Gasteiger partial charge in [-0.3, -0.25) is 9.78 Å². The summed E-state index contributed by atoms with van der Waals surface area (Å²) in [5.74, 6) is -0.00494. The number of carbonyl (C=O) groups excluding carboxylic acids is 1. The van der Waals surface area contributed by atoms with Gasteiger partial charge in [-0.05, 0) is 37.8 Å². The van der Waals surface area contributed by atoms with Gasteiger partial charge >= 0.3 is 0 Å². The van der Waals surface area contributed by atoms with E-state index in [-0.39, 0.29) is 18.1 Å². The van der Waals surface area contributed by atoms with Gasteiger partial charge in [0.25, 0.3) is 5.91 Å². The SMILES string of the molecule is CC(O)(CNC(=O)c1cnc2ccccc2n1)C1CC1. The average molecular weight is 271 g/mol. The predicted octanol–water partition coefficient (Wildman–Crippen LogP) is 1.52. The fourth-order valence-electron chi connectivity index (χ4n) is 2.27. The van der Waals surface area contributed by atoms with Crippen LogP contribution in [-0.4, -0.2) is 33.1 Å². The molecule has 0 spiro atoms. The molecule has 1 aliphatic carbocycles. The molecule has 1 aliphatic rings. The first kappa shape index (κ1) is 13.0. The molecule has 0 bridgehead atoms. The van der Waals surface area contributed by atoms with E-state index in [0.29, 0.717) is 11.4 Å². The maximum absolute atomic E-state index is 12.1. The molecule has 1 amide bonds. The van der Waals surface area contributed by atoms with Crippen LogP contribution in [0, 0.1) is 5.92 Å². The Hall–Kier alpha value is -2.01. The number of hydrogen-bond acceptors (Lipinski definition) is 4. The van der Waals surface area contributed by atoms with E-state index >= 15 is 0 Å². The third-order valence-electron chi connectivity index (χ3n) is 3.74. The van der Waals surface area contributed by atoms with E-state index in [1.807, 2.05) is 24.3 Å². The lowest BCUT2D eigenvalue weighted by molar-refractivity contribution is 0.0353. The van der Waals surface area contributed by atoms with E-state index in [2.05, 4.69) is 15.3 Å². The molecule has 5 heteroatoms. The zero-order valence-electron chi connectivity index (χ0n) is 11.3. The number of carbonyl (C=O) groups is 1. The minimum absolute atomic E-state index is 0.241.